The molecule has 3 heterocycles. The molecule has 0 fully saturated rings. The first-order chi connectivity index (χ1) is 18.8. The Morgan fingerprint density at radius 2 is 1.56 bits per heavy atom. The number of hydrogen-bond acceptors (Lipinski definition) is 6. The first-order valence-electron chi connectivity index (χ1n) is 13.8. The first-order valence-corrected chi connectivity index (χ1v) is 13.8. The molecule has 0 spiro atoms. The molecule has 0 saturated heterocycles. The Balaban J connectivity index is 1.42. The highest BCUT2D eigenvalue weighted by molar-refractivity contribution is 6.20. The van der Waals surface area contributed by atoms with E-state index in [4.69, 9.17) is 4.74 Å². The van der Waals surface area contributed by atoms with E-state index in [1.165, 1.54) is 11.1 Å². The van der Waals surface area contributed by atoms with Crippen LogP contribution in [-0.4, -0.2) is 59.5 Å². The summed E-state index contributed by atoms with van der Waals surface area (Å²) in [6.07, 6.45) is 9.15. The van der Waals surface area contributed by atoms with Gasteiger partial charge in [0.25, 0.3) is 0 Å². The molecule has 39 heavy (non-hydrogen) atoms. The third-order valence-electron chi connectivity index (χ3n) is 7.20. The van der Waals surface area contributed by atoms with Gasteiger partial charge in [-0.05, 0) is 82.0 Å². The summed E-state index contributed by atoms with van der Waals surface area (Å²) in [5.41, 5.74) is 2.78. The molecule has 206 valence electrons. The SMILES string of the molecule is CCN1C(=O)C(C)(C)C(=O)N(CC)c2cc(OCCCN(CCc3cccnc3)Cc3ccncc3)ccc21. The van der Waals surface area contributed by atoms with Gasteiger partial charge in [0.05, 0.1) is 18.0 Å². The third kappa shape index (κ3) is 6.63. The number of aromatic nitrogens is 2. The molecule has 4 rings (SSSR count). The van der Waals surface area contributed by atoms with Crippen molar-refractivity contribution in [3.05, 3.63) is 78.4 Å². The number of hydrogen-bond donors (Lipinski definition) is 0. The van der Waals surface area contributed by atoms with Gasteiger partial charge in [-0.2, -0.15) is 0 Å². The predicted molar refractivity (Wildman–Crippen MR) is 154 cm³/mol. The van der Waals surface area contributed by atoms with Crippen LogP contribution in [0.5, 0.6) is 5.75 Å². The number of fused-ring (bicyclic) bond motifs is 1. The van der Waals surface area contributed by atoms with Gasteiger partial charge in [-0.25, -0.2) is 0 Å². The number of ether oxygens (including phenoxy) is 1. The van der Waals surface area contributed by atoms with Crippen molar-refractivity contribution in [3.63, 3.8) is 0 Å². The molecule has 0 aliphatic carbocycles. The van der Waals surface area contributed by atoms with Crippen LogP contribution in [0.3, 0.4) is 0 Å². The van der Waals surface area contributed by atoms with E-state index in [0.717, 1.165) is 43.9 Å². The van der Waals surface area contributed by atoms with Crippen LogP contribution in [0.4, 0.5) is 11.4 Å². The second-order valence-corrected chi connectivity index (χ2v) is 10.3. The van der Waals surface area contributed by atoms with Gasteiger partial charge in [0.2, 0.25) is 11.8 Å². The van der Waals surface area contributed by atoms with Gasteiger partial charge in [0, 0.05) is 63.6 Å². The predicted octanol–water partition coefficient (Wildman–Crippen LogP) is 4.74. The van der Waals surface area contributed by atoms with Crippen LogP contribution in [0.1, 0.15) is 45.2 Å². The molecule has 0 N–H and O–H groups in total. The summed E-state index contributed by atoms with van der Waals surface area (Å²) in [6.45, 7) is 11.4. The Labute approximate surface area is 231 Å². The Morgan fingerprint density at radius 1 is 0.846 bits per heavy atom. The summed E-state index contributed by atoms with van der Waals surface area (Å²) in [5, 5.41) is 0. The van der Waals surface area contributed by atoms with E-state index in [1.807, 2.05) is 56.7 Å². The van der Waals surface area contributed by atoms with Crippen LogP contribution in [0.15, 0.2) is 67.3 Å². The Morgan fingerprint density at radius 3 is 2.23 bits per heavy atom. The zero-order valence-corrected chi connectivity index (χ0v) is 23.5. The highest BCUT2D eigenvalue weighted by Crippen LogP contribution is 2.40. The maximum absolute atomic E-state index is 13.3. The van der Waals surface area contributed by atoms with E-state index in [2.05, 4.69) is 33.1 Å². The molecule has 0 radical (unpaired) electrons. The quantitative estimate of drug-likeness (QED) is 0.249. The molecule has 8 nitrogen and oxygen atoms in total. The summed E-state index contributed by atoms with van der Waals surface area (Å²) in [5.74, 6) is 0.324. The normalized spacial score (nSPS) is 14.9. The molecular formula is C31H39N5O3. The summed E-state index contributed by atoms with van der Waals surface area (Å²) in [7, 11) is 0. The van der Waals surface area contributed by atoms with E-state index in [0.29, 0.717) is 25.4 Å². The molecule has 0 bridgehead atoms. The van der Waals surface area contributed by atoms with Crippen LogP contribution in [-0.2, 0) is 22.6 Å². The highest BCUT2D eigenvalue weighted by Gasteiger charge is 2.45. The van der Waals surface area contributed by atoms with Crippen LogP contribution in [0, 0.1) is 5.41 Å². The van der Waals surface area contributed by atoms with Crippen LogP contribution in [0.2, 0.25) is 0 Å². The number of nitrogens with zero attached hydrogens (tertiary/aromatic N) is 5. The second-order valence-electron chi connectivity index (χ2n) is 10.3. The minimum atomic E-state index is -1.12. The van der Waals surface area contributed by atoms with Gasteiger partial charge in [0.15, 0.2) is 0 Å². The topological polar surface area (TPSA) is 78.9 Å². The average Bonchev–Trinajstić information content (AvgIpc) is 3.01. The van der Waals surface area contributed by atoms with Gasteiger partial charge in [-0.3, -0.25) is 24.5 Å². The van der Waals surface area contributed by atoms with E-state index in [1.54, 1.807) is 29.8 Å². The fraction of sp³-hybridized carbons (Fsp3) is 0.419. The monoisotopic (exact) mass is 529 g/mol. The zero-order valence-electron chi connectivity index (χ0n) is 23.5. The molecule has 0 atom stereocenters. The summed E-state index contributed by atoms with van der Waals surface area (Å²) in [4.78, 5) is 40.7. The number of carbonyl (C=O) groups is 2. The lowest BCUT2D eigenvalue weighted by Crippen LogP contribution is -2.48. The summed E-state index contributed by atoms with van der Waals surface area (Å²) in [6, 6.07) is 13.9. The number of rotatable bonds is 12. The number of carbonyl (C=O) groups excluding carboxylic acids is 2. The number of amides is 2. The third-order valence-corrected chi connectivity index (χ3v) is 7.20. The maximum atomic E-state index is 13.3. The Bertz CT molecular complexity index is 1250. The summed E-state index contributed by atoms with van der Waals surface area (Å²) < 4.78 is 6.16. The van der Waals surface area contributed by atoms with E-state index < -0.39 is 5.41 Å². The minimum Gasteiger partial charge on any atom is -0.493 e. The largest absolute Gasteiger partial charge is 0.493 e. The van der Waals surface area contributed by atoms with Gasteiger partial charge >= 0.3 is 0 Å². The molecule has 8 heteroatoms. The fourth-order valence-corrected chi connectivity index (χ4v) is 4.98. The second kappa shape index (κ2) is 12.8. The number of pyridine rings is 2. The lowest BCUT2D eigenvalue weighted by Gasteiger charge is -2.27. The van der Waals surface area contributed by atoms with Crippen molar-refractivity contribution in [2.24, 2.45) is 5.41 Å². The van der Waals surface area contributed by atoms with Crippen LogP contribution >= 0.6 is 0 Å². The van der Waals surface area contributed by atoms with Gasteiger partial charge in [0.1, 0.15) is 11.2 Å². The highest BCUT2D eigenvalue weighted by atomic mass is 16.5. The molecule has 0 unspecified atom stereocenters. The van der Waals surface area contributed by atoms with Gasteiger partial charge in [-0.1, -0.05) is 6.07 Å². The standard InChI is InChI=1S/C31H39N5O3/c1-5-35-27-11-10-26(21-28(27)36(6-2)30(38)31(3,4)29(35)37)39-20-8-18-34(23-25-12-16-32-17-13-25)19-14-24-9-7-15-33-22-24/h7,9-13,15-17,21-22H,5-6,8,14,18-20,23H2,1-4H3. The molecule has 1 aliphatic heterocycles. The lowest BCUT2D eigenvalue weighted by molar-refractivity contribution is -0.137. The average molecular weight is 530 g/mol. The minimum absolute atomic E-state index is 0.179. The summed E-state index contributed by atoms with van der Waals surface area (Å²) >= 11 is 0. The molecule has 1 aromatic carbocycles. The number of benzene rings is 1. The van der Waals surface area contributed by atoms with E-state index >= 15 is 0 Å². The maximum Gasteiger partial charge on any atom is 0.242 e. The van der Waals surface area contributed by atoms with Crippen LogP contribution in [0.25, 0.3) is 0 Å². The van der Waals surface area contributed by atoms with Gasteiger partial charge in [-0.15, -0.1) is 0 Å². The molecule has 2 amide bonds. The molecular weight excluding hydrogens is 490 g/mol. The molecule has 3 aromatic rings. The van der Waals surface area contributed by atoms with E-state index in [9.17, 15) is 9.59 Å². The zero-order chi connectivity index (χ0) is 27.8. The van der Waals surface area contributed by atoms with Crippen molar-refractivity contribution < 1.29 is 14.3 Å². The molecule has 1 aliphatic rings. The Hall–Kier alpha value is -3.78. The van der Waals surface area contributed by atoms with Crippen molar-refractivity contribution >= 4 is 23.2 Å². The van der Waals surface area contributed by atoms with E-state index in [-0.39, 0.29) is 11.8 Å². The van der Waals surface area contributed by atoms with Crippen LogP contribution < -0.4 is 14.5 Å². The van der Waals surface area contributed by atoms with Crippen molar-refractivity contribution in [2.75, 3.05) is 42.6 Å². The smallest absolute Gasteiger partial charge is 0.242 e. The number of anilines is 2. The van der Waals surface area contributed by atoms with Gasteiger partial charge < -0.3 is 14.5 Å². The fourth-order valence-electron chi connectivity index (χ4n) is 4.98. The molecule has 0 saturated carbocycles. The van der Waals surface area contributed by atoms with Crippen molar-refractivity contribution in [1.82, 2.24) is 14.9 Å². The molecule has 2 aromatic heterocycles. The first kappa shape index (κ1) is 28.2. The lowest BCUT2D eigenvalue weighted by atomic mass is 9.90. The van der Waals surface area contributed by atoms with Crippen molar-refractivity contribution in [1.29, 1.82) is 0 Å². The van der Waals surface area contributed by atoms with Crippen molar-refractivity contribution in [2.45, 2.75) is 47.1 Å². The van der Waals surface area contributed by atoms with Crippen molar-refractivity contribution in [3.8, 4) is 5.75 Å². The Kier molecular flexibility index (Phi) is 9.30.